The quantitative estimate of drug-likeness (QED) is 0.789. The van der Waals surface area contributed by atoms with Crippen molar-refractivity contribution in [2.75, 3.05) is 12.0 Å². The number of hydrogen-bond acceptors (Lipinski definition) is 2. The minimum Gasteiger partial charge on any atom is -0.325 e. The minimum absolute atomic E-state index is 0.917. The first-order valence-corrected chi connectivity index (χ1v) is 4.71. The van der Waals surface area contributed by atoms with E-state index in [-0.39, 0.29) is 0 Å². The fraction of sp³-hybridized carbons (Fsp3) is 0.182. The third kappa shape index (κ3) is 2.36. The molecule has 0 saturated carbocycles. The largest absolute Gasteiger partial charge is 0.325 e. The monoisotopic (exact) mass is 187 g/mol. The van der Waals surface area contributed by atoms with Crippen molar-refractivity contribution < 1.29 is 0 Å². The zero-order chi connectivity index (χ0) is 9.64. The Morgan fingerprint density at radius 3 is 2.79 bits per heavy atom. The number of rotatable bonds is 4. The molecule has 0 bridgehead atoms. The summed E-state index contributed by atoms with van der Waals surface area (Å²) in [4.78, 5) is 3.95. The fourth-order valence-electron chi connectivity index (χ4n) is 1.33. The summed E-state index contributed by atoms with van der Waals surface area (Å²) in [7, 11) is 0. The average Bonchev–Trinajstić information content (AvgIpc) is 2.72. The Morgan fingerprint density at radius 1 is 1.21 bits per heavy atom. The lowest BCUT2D eigenvalue weighted by atomic mass is 10.2. The van der Waals surface area contributed by atoms with Gasteiger partial charge in [0.25, 0.3) is 0 Å². The second kappa shape index (κ2) is 4.46. The molecular formula is C11H13N3. The molecule has 14 heavy (non-hydrogen) atoms. The SMILES string of the molecule is c1ccc(CCNn2ccnc2)cc1. The van der Waals surface area contributed by atoms with E-state index in [1.165, 1.54) is 5.56 Å². The maximum absolute atomic E-state index is 3.95. The molecule has 1 heterocycles. The van der Waals surface area contributed by atoms with Gasteiger partial charge in [-0.15, -0.1) is 0 Å². The molecule has 0 spiro atoms. The van der Waals surface area contributed by atoms with Crippen LogP contribution in [0.25, 0.3) is 0 Å². The number of benzene rings is 1. The second-order valence-electron chi connectivity index (χ2n) is 3.11. The van der Waals surface area contributed by atoms with Gasteiger partial charge >= 0.3 is 0 Å². The van der Waals surface area contributed by atoms with Crippen LogP contribution in [0.3, 0.4) is 0 Å². The van der Waals surface area contributed by atoms with Gasteiger partial charge < -0.3 is 5.43 Å². The van der Waals surface area contributed by atoms with Crippen molar-refractivity contribution in [3.8, 4) is 0 Å². The predicted octanol–water partition coefficient (Wildman–Crippen LogP) is 1.67. The van der Waals surface area contributed by atoms with Gasteiger partial charge in [0.15, 0.2) is 0 Å². The van der Waals surface area contributed by atoms with E-state index in [0.717, 1.165) is 13.0 Å². The predicted molar refractivity (Wildman–Crippen MR) is 56.6 cm³/mol. The highest BCUT2D eigenvalue weighted by Crippen LogP contribution is 1.98. The normalized spacial score (nSPS) is 10.0. The summed E-state index contributed by atoms with van der Waals surface area (Å²) in [5, 5.41) is 0. The summed E-state index contributed by atoms with van der Waals surface area (Å²) >= 11 is 0. The number of nitrogens with zero attached hydrogens (tertiary/aromatic N) is 2. The van der Waals surface area contributed by atoms with Gasteiger partial charge in [-0.1, -0.05) is 30.3 Å². The van der Waals surface area contributed by atoms with Crippen LogP contribution >= 0.6 is 0 Å². The van der Waals surface area contributed by atoms with Crippen LogP contribution in [0.1, 0.15) is 5.56 Å². The van der Waals surface area contributed by atoms with Crippen molar-refractivity contribution in [3.05, 3.63) is 54.6 Å². The Kier molecular flexibility index (Phi) is 2.81. The summed E-state index contributed by atoms with van der Waals surface area (Å²) in [5.74, 6) is 0. The molecule has 0 radical (unpaired) electrons. The third-order valence-electron chi connectivity index (χ3n) is 2.06. The van der Waals surface area contributed by atoms with Crippen LogP contribution in [-0.2, 0) is 6.42 Å². The Labute approximate surface area is 83.4 Å². The zero-order valence-corrected chi connectivity index (χ0v) is 7.93. The van der Waals surface area contributed by atoms with Gasteiger partial charge in [0.2, 0.25) is 0 Å². The van der Waals surface area contributed by atoms with Gasteiger partial charge in [-0.2, -0.15) is 0 Å². The minimum atomic E-state index is 0.917. The lowest BCUT2D eigenvalue weighted by Crippen LogP contribution is -2.15. The van der Waals surface area contributed by atoms with Gasteiger partial charge in [-0.25, -0.2) is 4.98 Å². The first-order chi connectivity index (χ1) is 6.95. The van der Waals surface area contributed by atoms with Crippen LogP contribution in [0.4, 0.5) is 0 Å². The highest BCUT2D eigenvalue weighted by atomic mass is 15.4. The molecule has 0 atom stereocenters. The van der Waals surface area contributed by atoms with E-state index >= 15 is 0 Å². The first kappa shape index (κ1) is 8.81. The summed E-state index contributed by atoms with van der Waals surface area (Å²) in [6.07, 6.45) is 6.44. The van der Waals surface area contributed by atoms with E-state index < -0.39 is 0 Å². The summed E-state index contributed by atoms with van der Waals surface area (Å²) < 4.78 is 1.86. The van der Waals surface area contributed by atoms with Crippen molar-refractivity contribution in [1.29, 1.82) is 0 Å². The van der Waals surface area contributed by atoms with Gasteiger partial charge in [0, 0.05) is 18.9 Å². The van der Waals surface area contributed by atoms with Gasteiger partial charge in [0.1, 0.15) is 6.33 Å². The molecular weight excluding hydrogens is 174 g/mol. The molecule has 0 unspecified atom stereocenters. The van der Waals surface area contributed by atoms with Crippen LogP contribution in [0.5, 0.6) is 0 Å². The maximum atomic E-state index is 3.95. The molecule has 1 aromatic heterocycles. The van der Waals surface area contributed by atoms with Crippen molar-refractivity contribution in [2.24, 2.45) is 0 Å². The Bertz CT molecular complexity index is 353. The van der Waals surface area contributed by atoms with E-state index in [0.29, 0.717) is 0 Å². The highest BCUT2D eigenvalue weighted by Gasteiger charge is 1.90. The van der Waals surface area contributed by atoms with Gasteiger partial charge in [-0.05, 0) is 12.0 Å². The third-order valence-corrected chi connectivity index (χ3v) is 2.06. The summed E-state index contributed by atoms with van der Waals surface area (Å²) in [5.41, 5.74) is 4.57. The summed E-state index contributed by atoms with van der Waals surface area (Å²) in [6.45, 7) is 0.917. The smallest absolute Gasteiger partial charge is 0.114 e. The van der Waals surface area contributed by atoms with Crippen molar-refractivity contribution in [2.45, 2.75) is 6.42 Å². The molecule has 72 valence electrons. The van der Waals surface area contributed by atoms with E-state index in [2.05, 4.69) is 34.7 Å². The number of imidazole rings is 1. The molecule has 0 saturated heterocycles. The lowest BCUT2D eigenvalue weighted by Gasteiger charge is -2.05. The standard InChI is InChI=1S/C11H13N3/c1-2-4-11(5-3-1)6-7-13-14-9-8-12-10-14/h1-5,8-10,13H,6-7H2. The molecule has 0 fully saturated rings. The van der Waals surface area contributed by atoms with Crippen molar-refractivity contribution >= 4 is 0 Å². The van der Waals surface area contributed by atoms with E-state index in [1.807, 2.05) is 16.9 Å². The van der Waals surface area contributed by atoms with Crippen molar-refractivity contribution in [1.82, 2.24) is 9.66 Å². The number of hydrogen-bond donors (Lipinski definition) is 1. The molecule has 3 heteroatoms. The van der Waals surface area contributed by atoms with Crippen LogP contribution in [0.15, 0.2) is 49.1 Å². The molecule has 2 aromatic rings. The molecule has 0 amide bonds. The Morgan fingerprint density at radius 2 is 2.07 bits per heavy atom. The van der Waals surface area contributed by atoms with Gasteiger partial charge in [-0.3, -0.25) is 4.68 Å². The van der Waals surface area contributed by atoms with Crippen LogP contribution in [0.2, 0.25) is 0 Å². The topological polar surface area (TPSA) is 29.9 Å². The first-order valence-electron chi connectivity index (χ1n) is 4.71. The van der Waals surface area contributed by atoms with E-state index in [9.17, 15) is 0 Å². The molecule has 1 N–H and O–H groups in total. The molecule has 3 nitrogen and oxygen atoms in total. The number of aromatic nitrogens is 2. The summed E-state index contributed by atoms with van der Waals surface area (Å²) in [6, 6.07) is 10.4. The fourth-order valence-corrected chi connectivity index (χ4v) is 1.33. The second-order valence-corrected chi connectivity index (χ2v) is 3.11. The van der Waals surface area contributed by atoms with Gasteiger partial charge in [0.05, 0.1) is 0 Å². The average molecular weight is 187 g/mol. The van der Waals surface area contributed by atoms with Crippen LogP contribution < -0.4 is 5.43 Å². The Hall–Kier alpha value is -1.77. The molecule has 1 aromatic carbocycles. The van der Waals surface area contributed by atoms with Crippen LogP contribution in [-0.4, -0.2) is 16.2 Å². The van der Waals surface area contributed by atoms with E-state index in [4.69, 9.17) is 0 Å². The molecule has 2 rings (SSSR count). The lowest BCUT2D eigenvalue weighted by molar-refractivity contribution is 0.820. The number of nitrogens with one attached hydrogen (secondary N) is 1. The molecule has 0 aliphatic heterocycles. The highest BCUT2D eigenvalue weighted by molar-refractivity contribution is 5.15. The maximum Gasteiger partial charge on any atom is 0.114 e. The molecule has 0 aliphatic rings. The Balaban J connectivity index is 1.79. The van der Waals surface area contributed by atoms with Crippen molar-refractivity contribution in [3.63, 3.8) is 0 Å². The molecule has 0 aliphatic carbocycles. The van der Waals surface area contributed by atoms with E-state index in [1.54, 1.807) is 12.5 Å². The zero-order valence-electron chi connectivity index (χ0n) is 7.93. The van der Waals surface area contributed by atoms with Crippen LogP contribution in [0, 0.1) is 0 Å².